The molecule has 78 valence electrons. The average Bonchev–Trinajstić information content (AvgIpc) is 2.53. The molecule has 0 amide bonds. The number of hydrogen-bond acceptors (Lipinski definition) is 3. The molecule has 0 aliphatic carbocycles. The first-order valence-corrected chi connectivity index (χ1v) is 5.36. The van der Waals surface area contributed by atoms with E-state index in [0.29, 0.717) is 0 Å². The second-order valence-electron chi connectivity index (χ2n) is 3.39. The molecule has 2 rings (SSSR count). The van der Waals surface area contributed by atoms with Crippen LogP contribution in [0.5, 0.6) is 0 Å². The molecular formula is C10H21NO2. The van der Waals surface area contributed by atoms with E-state index in [2.05, 4.69) is 5.32 Å². The summed E-state index contributed by atoms with van der Waals surface area (Å²) in [5, 5.41) is 3.16. The molecule has 2 aliphatic rings. The van der Waals surface area contributed by atoms with Crippen LogP contribution >= 0.6 is 0 Å². The summed E-state index contributed by atoms with van der Waals surface area (Å²) in [4.78, 5) is 0. The van der Waals surface area contributed by atoms with Gasteiger partial charge in [0.25, 0.3) is 0 Å². The van der Waals surface area contributed by atoms with Crippen LogP contribution < -0.4 is 5.32 Å². The Bertz CT molecular complexity index is 73.9. The predicted octanol–water partition coefficient (Wildman–Crippen LogP) is 1.18. The molecule has 0 unspecified atom stereocenters. The summed E-state index contributed by atoms with van der Waals surface area (Å²) in [6.45, 7) is 5.83. The van der Waals surface area contributed by atoms with Gasteiger partial charge in [-0.3, -0.25) is 0 Å². The van der Waals surface area contributed by atoms with Crippen LogP contribution in [0, 0.1) is 0 Å². The van der Waals surface area contributed by atoms with Crippen LogP contribution in [0.4, 0.5) is 0 Å². The van der Waals surface area contributed by atoms with Crippen LogP contribution in [0.15, 0.2) is 0 Å². The van der Waals surface area contributed by atoms with Crippen LogP contribution in [0.3, 0.4) is 0 Å². The molecule has 1 N–H and O–H groups in total. The maximum Gasteiger partial charge on any atom is 0.0591 e. The van der Waals surface area contributed by atoms with E-state index in [1.165, 1.54) is 25.7 Å². The van der Waals surface area contributed by atoms with Gasteiger partial charge >= 0.3 is 0 Å². The minimum absolute atomic E-state index is 0.889. The fourth-order valence-corrected chi connectivity index (χ4v) is 1.38. The largest absolute Gasteiger partial charge is 0.381 e. The van der Waals surface area contributed by atoms with Crippen LogP contribution in [0.2, 0.25) is 0 Å². The predicted molar refractivity (Wildman–Crippen MR) is 53.0 cm³/mol. The smallest absolute Gasteiger partial charge is 0.0591 e. The highest BCUT2D eigenvalue weighted by Crippen LogP contribution is 2.04. The van der Waals surface area contributed by atoms with E-state index in [1.54, 1.807) is 0 Å². The van der Waals surface area contributed by atoms with E-state index < -0.39 is 0 Å². The van der Waals surface area contributed by atoms with Crippen LogP contribution in [0.1, 0.15) is 25.7 Å². The summed E-state index contributed by atoms with van der Waals surface area (Å²) in [5.74, 6) is 0. The zero-order valence-electron chi connectivity index (χ0n) is 8.39. The van der Waals surface area contributed by atoms with E-state index in [4.69, 9.17) is 9.47 Å². The fraction of sp³-hybridized carbons (Fsp3) is 1.00. The van der Waals surface area contributed by atoms with Gasteiger partial charge in [0.15, 0.2) is 0 Å². The van der Waals surface area contributed by atoms with E-state index in [-0.39, 0.29) is 0 Å². The number of morpholine rings is 1. The third-order valence-electron chi connectivity index (χ3n) is 2.17. The van der Waals surface area contributed by atoms with Crippen molar-refractivity contribution in [2.75, 3.05) is 39.5 Å². The maximum absolute atomic E-state index is 5.19. The van der Waals surface area contributed by atoms with Gasteiger partial charge in [-0.05, 0) is 12.8 Å². The Balaban J connectivity index is 0.000000132. The Morgan fingerprint density at radius 3 is 1.54 bits per heavy atom. The lowest BCUT2D eigenvalue weighted by Gasteiger charge is -2.10. The summed E-state index contributed by atoms with van der Waals surface area (Å²) >= 11 is 0. The normalized spacial score (nSPS) is 24.0. The summed E-state index contributed by atoms with van der Waals surface area (Å²) in [6, 6.07) is 0. The molecule has 2 aliphatic heterocycles. The lowest BCUT2D eigenvalue weighted by Crippen LogP contribution is -2.30. The maximum atomic E-state index is 5.19. The lowest BCUT2D eigenvalue weighted by atomic mass is 10.2. The van der Waals surface area contributed by atoms with Crippen LogP contribution in [-0.2, 0) is 9.47 Å². The number of ether oxygens (including phenoxy) is 2. The van der Waals surface area contributed by atoms with Crippen molar-refractivity contribution in [3.05, 3.63) is 0 Å². The van der Waals surface area contributed by atoms with Crippen LogP contribution in [0.25, 0.3) is 0 Å². The van der Waals surface area contributed by atoms with Gasteiger partial charge in [0.1, 0.15) is 0 Å². The summed E-state index contributed by atoms with van der Waals surface area (Å²) < 4.78 is 10.2. The molecule has 2 saturated heterocycles. The van der Waals surface area contributed by atoms with E-state index >= 15 is 0 Å². The zero-order chi connectivity index (χ0) is 9.19. The van der Waals surface area contributed by atoms with E-state index in [0.717, 1.165) is 39.5 Å². The Labute approximate surface area is 80.8 Å². The highest BCUT2D eigenvalue weighted by Gasteiger charge is 1.95. The molecule has 13 heavy (non-hydrogen) atoms. The molecule has 0 spiro atoms. The van der Waals surface area contributed by atoms with Crippen molar-refractivity contribution in [3.8, 4) is 0 Å². The number of hydrogen-bond donors (Lipinski definition) is 1. The quantitative estimate of drug-likeness (QED) is 0.618. The minimum Gasteiger partial charge on any atom is -0.381 e. The van der Waals surface area contributed by atoms with Gasteiger partial charge < -0.3 is 14.8 Å². The van der Waals surface area contributed by atoms with E-state index in [9.17, 15) is 0 Å². The molecular weight excluding hydrogens is 166 g/mol. The number of nitrogens with one attached hydrogen (secondary N) is 1. The van der Waals surface area contributed by atoms with Crippen molar-refractivity contribution in [1.82, 2.24) is 5.32 Å². The van der Waals surface area contributed by atoms with Gasteiger partial charge in [-0.1, -0.05) is 12.8 Å². The van der Waals surface area contributed by atoms with Crippen molar-refractivity contribution in [1.29, 1.82) is 0 Å². The van der Waals surface area contributed by atoms with Crippen molar-refractivity contribution in [3.63, 3.8) is 0 Å². The molecule has 0 atom stereocenters. The molecule has 3 heteroatoms. The second kappa shape index (κ2) is 8.48. The second-order valence-corrected chi connectivity index (χ2v) is 3.39. The Hall–Kier alpha value is -0.120. The Kier molecular flexibility index (Phi) is 7.15. The first-order chi connectivity index (χ1) is 6.50. The van der Waals surface area contributed by atoms with Gasteiger partial charge in [0.05, 0.1) is 13.2 Å². The Morgan fingerprint density at radius 1 is 0.615 bits per heavy atom. The first kappa shape index (κ1) is 11.0. The topological polar surface area (TPSA) is 30.5 Å². The third-order valence-corrected chi connectivity index (χ3v) is 2.17. The SMILES string of the molecule is C1CCCOCC1.C1COCCN1. The van der Waals surface area contributed by atoms with Crippen molar-refractivity contribution < 1.29 is 9.47 Å². The molecule has 0 bridgehead atoms. The standard InChI is InChI=1S/C6H12O.C4H9NO/c1-2-4-6-7-5-3-1;1-3-6-4-2-5-1/h1-6H2;5H,1-4H2. The van der Waals surface area contributed by atoms with Crippen LogP contribution in [-0.4, -0.2) is 39.5 Å². The molecule has 2 heterocycles. The van der Waals surface area contributed by atoms with Crippen molar-refractivity contribution in [2.45, 2.75) is 25.7 Å². The molecule has 2 fully saturated rings. The lowest BCUT2D eigenvalue weighted by molar-refractivity contribution is 0.109. The fourth-order valence-electron chi connectivity index (χ4n) is 1.38. The highest BCUT2D eigenvalue weighted by molar-refractivity contribution is 4.49. The van der Waals surface area contributed by atoms with Gasteiger partial charge in [-0.15, -0.1) is 0 Å². The van der Waals surface area contributed by atoms with Crippen molar-refractivity contribution in [2.24, 2.45) is 0 Å². The van der Waals surface area contributed by atoms with Gasteiger partial charge in [-0.2, -0.15) is 0 Å². The molecule has 0 aromatic rings. The molecule has 0 saturated carbocycles. The first-order valence-electron chi connectivity index (χ1n) is 5.36. The highest BCUT2D eigenvalue weighted by atomic mass is 16.5. The monoisotopic (exact) mass is 187 g/mol. The third kappa shape index (κ3) is 6.99. The van der Waals surface area contributed by atoms with Gasteiger partial charge in [0, 0.05) is 26.3 Å². The molecule has 0 aromatic heterocycles. The molecule has 0 aromatic carbocycles. The Morgan fingerprint density at radius 2 is 1.15 bits per heavy atom. The van der Waals surface area contributed by atoms with E-state index in [1.807, 2.05) is 0 Å². The van der Waals surface area contributed by atoms with Crippen molar-refractivity contribution >= 4 is 0 Å². The number of rotatable bonds is 0. The summed E-state index contributed by atoms with van der Waals surface area (Å²) in [5.41, 5.74) is 0. The summed E-state index contributed by atoms with van der Waals surface area (Å²) in [6.07, 6.45) is 5.31. The average molecular weight is 187 g/mol. The van der Waals surface area contributed by atoms with Gasteiger partial charge in [-0.25, -0.2) is 0 Å². The molecule has 3 nitrogen and oxygen atoms in total. The minimum atomic E-state index is 0.889. The zero-order valence-corrected chi connectivity index (χ0v) is 8.39. The summed E-state index contributed by atoms with van der Waals surface area (Å²) in [7, 11) is 0. The van der Waals surface area contributed by atoms with Gasteiger partial charge in [0.2, 0.25) is 0 Å². The molecule has 0 radical (unpaired) electrons.